The van der Waals surface area contributed by atoms with Gasteiger partial charge in [0.05, 0.1) is 17.6 Å². The van der Waals surface area contributed by atoms with E-state index in [9.17, 15) is 13.2 Å². The summed E-state index contributed by atoms with van der Waals surface area (Å²) >= 11 is 0. The molecule has 0 aromatic heterocycles. The molecule has 2 rings (SSSR count). The van der Waals surface area contributed by atoms with E-state index >= 15 is 0 Å². The van der Waals surface area contributed by atoms with E-state index in [1.165, 1.54) is 31.4 Å². The van der Waals surface area contributed by atoms with Crippen molar-refractivity contribution in [2.45, 2.75) is 30.6 Å². The molecule has 0 spiro atoms. The first-order valence-corrected chi connectivity index (χ1v) is 9.56. The third-order valence-electron chi connectivity index (χ3n) is 4.02. The minimum atomic E-state index is -3.69. The molecule has 0 aliphatic carbocycles. The monoisotopic (exact) mass is 352 g/mol. The van der Waals surface area contributed by atoms with E-state index in [-0.39, 0.29) is 22.9 Å². The highest BCUT2D eigenvalue weighted by Gasteiger charge is 2.23. The fourth-order valence-electron chi connectivity index (χ4n) is 2.72. The second-order valence-corrected chi connectivity index (χ2v) is 7.48. The largest absolute Gasteiger partial charge is 0.496 e. The van der Waals surface area contributed by atoms with Gasteiger partial charge in [-0.25, -0.2) is 13.1 Å². The van der Waals surface area contributed by atoms with Gasteiger partial charge in [-0.2, -0.15) is 0 Å². The zero-order valence-corrected chi connectivity index (χ0v) is 14.8. The predicted molar refractivity (Wildman–Crippen MR) is 92.8 cm³/mol. The van der Waals surface area contributed by atoms with Crippen LogP contribution in [0.15, 0.2) is 35.7 Å². The maximum Gasteiger partial charge on any atom is 0.257 e. The maximum absolute atomic E-state index is 12.8. The SMILES string of the molecule is C=CCNS(=O)(=O)c1ccc(OC)c(C(=O)N2CCCCCC2)c1. The van der Waals surface area contributed by atoms with Gasteiger partial charge in [-0.05, 0) is 31.0 Å². The number of hydrogen-bond donors (Lipinski definition) is 1. The van der Waals surface area contributed by atoms with E-state index in [4.69, 9.17) is 4.74 Å². The number of ether oxygens (including phenoxy) is 1. The van der Waals surface area contributed by atoms with Gasteiger partial charge in [0.15, 0.2) is 0 Å². The molecule has 1 N–H and O–H groups in total. The standard InChI is InChI=1S/C17H24N2O4S/c1-3-10-18-24(21,22)14-8-9-16(23-2)15(13-14)17(20)19-11-6-4-5-7-12-19/h3,8-9,13,18H,1,4-7,10-12H2,2H3. The third-order valence-corrected chi connectivity index (χ3v) is 5.44. The number of hydrogen-bond acceptors (Lipinski definition) is 4. The molecule has 1 aromatic rings. The molecule has 1 amide bonds. The van der Waals surface area contributed by atoms with Gasteiger partial charge in [-0.15, -0.1) is 6.58 Å². The Hall–Kier alpha value is -1.86. The molecule has 132 valence electrons. The molecule has 1 heterocycles. The number of nitrogens with zero attached hydrogens (tertiary/aromatic N) is 1. The predicted octanol–water partition coefficient (Wildman–Crippen LogP) is 2.18. The highest BCUT2D eigenvalue weighted by molar-refractivity contribution is 7.89. The smallest absolute Gasteiger partial charge is 0.257 e. The highest BCUT2D eigenvalue weighted by atomic mass is 32.2. The second-order valence-electron chi connectivity index (χ2n) is 5.71. The number of likely N-dealkylation sites (tertiary alicyclic amines) is 1. The van der Waals surface area contributed by atoms with E-state index in [0.29, 0.717) is 18.8 Å². The van der Waals surface area contributed by atoms with Crippen molar-refractivity contribution in [1.82, 2.24) is 9.62 Å². The van der Waals surface area contributed by atoms with Gasteiger partial charge >= 0.3 is 0 Å². The Kier molecular flexibility index (Phi) is 6.39. The van der Waals surface area contributed by atoms with Gasteiger partial charge in [0.25, 0.3) is 5.91 Å². The Morgan fingerprint density at radius 2 is 1.96 bits per heavy atom. The van der Waals surface area contributed by atoms with E-state index in [1.54, 1.807) is 4.90 Å². The van der Waals surface area contributed by atoms with Crippen molar-refractivity contribution in [3.63, 3.8) is 0 Å². The molecule has 0 saturated carbocycles. The van der Waals surface area contributed by atoms with Crippen LogP contribution in [0.2, 0.25) is 0 Å². The van der Waals surface area contributed by atoms with Gasteiger partial charge in [0, 0.05) is 19.6 Å². The molecule has 0 bridgehead atoms. The quantitative estimate of drug-likeness (QED) is 0.796. The first-order chi connectivity index (χ1) is 11.5. The van der Waals surface area contributed by atoms with Crippen LogP contribution >= 0.6 is 0 Å². The fourth-order valence-corrected chi connectivity index (χ4v) is 3.74. The molecule has 7 heteroatoms. The average molecular weight is 352 g/mol. The summed E-state index contributed by atoms with van der Waals surface area (Å²) in [5.41, 5.74) is 0.279. The topological polar surface area (TPSA) is 75.7 Å². The van der Waals surface area contributed by atoms with E-state index in [1.807, 2.05) is 0 Å². The Labute approximate surface area is 143 Å². The van der Waals surface area contributed by atoms with Crippen molar-refractivity contribution >= 4 is 15.9 Å². The number of carbonyl (C=O) groups excluding carboxylic acids is 1. The molecule has 24 heavy (non-hydrogen) atoms. The van der Waals surface area contributed by atoms with Crippen molar-refractivity contribution in [2.24, 2.45) is 0 Å². The van der Waals surface area contributed by atoms with Crippen LogP contribution in [0.1, 0.15) is 36.0 Å². The van der Waals surface area contributed by atoms with Crippen LogP contribution in [0.4, 0.5) is 0 Å². The lowest BCUT2D eigenvalue weighted by molar-refractivity contribution is 0.0758. The summed E-state index contributed by atoms with van der Waals surface area (Å²) in [7, 11) is -2.22. The Morgan fingerprint density at radius 1 is 1.29 bits per heavy atom. The van der Waals surface area contributed by atoms with Crippen molar-refractivity contribution < 1.29 is 17.9 Å². The number of sulfonamides is 1. The number of methoxy groups -OCH3 is 1. The molecular weight excluding hydrogens is 328 g/mol. The Bertz CT molecular complexity index is 693. The van der Waals surface area contributed by atoms with Gasteiger partial charge in [0.1, 0.15) is 5.75 Å². The Balaban J connectivity index is 2.35. The summed E-state index contributed by atoms with van der Waals surface area (Å²) in [4.78, 5) is 14.7. The summed E-state index contributed by atoms with van der Waals surface area (Å²) in [6.45, 7) is 5.00. The van der Waals surface area contributed by atoms with Crippen molar-refractivity contribution in [3.8, 4) is 5.75 Å². The number of benzene rings is 1. The minimum absolute atomic E-state index is 0.0447. The number of rotatable bonds is 6. The lowest BCUT2D eigenvalue weighted by Crippen LogP contribution is -2.32. The van der Waals surface area contributed by atoms with Crippen LogP contribution in [-0.2, 0) is 10.0 Å². The summed E-state index contributed by atoms with van der Waals surface area (Å²) in [5.74, 6) is 0.196. The molecule has 1 fully saturated rings. The number of amides is 1. The number of nitrogens with one attached hydrogen (secondary N) is 1. The van der Waals surface area contributed by atoms with Gasteiger partial charge in [-0.3, -0.25) is 4.79 Å². The molecule has 1 saturated heterocycles. The van der Waals surface area contributed by atoms with Crippen LogP contribution < -0.4 is 9.46 Å². The van der Waals surface area contributed by atoms with Crippen LogP contribution in [0, 0.1) is 0 Å². The summed E-state index contributed by atoms with van der Waals surface area (Å²) in [5, 5.41) is 0. The lowest BCUT2D eigenvalue weighted by atomic mass is 10.1. The van der Waals surface area contributed by atoms with Crippen molar-refractivity contribution in [3.05, 3.63) is 36.4 Å². The normalized spacial score (nSPS) is 15.6. The molecule has 0 radical (unpaired) electrons. The van der Waals surface area contributed by atoms with E-state index in [2.05, 4.69) is 11.3 Å². The molecule has 1 aromatic carbocycles. The van der Waals surface area contributed by atoms with Gasteiger partial charge in [0.2, 0.25) is 10.0 Å². The second kappa shape index (κ2) is 8.30. The molecule has 0 atom stereocenters. The van der Waals surface area contributed by atoms with Gasteiger partial charge in [-0.1, -0.05) is 18.9 Å². The number of carbonyl (C=O) groups is 1. The summed E-state index contributed by atoms with van der Waals surface area (Å²) < 4.78 is 32.2. The average Bonchev–Trinajstić information content (AvgIpc) is 2.88. The lowest BCUT2D eigenvalue weighted by Gasteiger charge is -2.22. The minimum Gasteiger partial charge on any atom is -0.496 e. The van der Waals surface area contributed by atoms with Crippen LogP contribution in [-0.4, -0.2) is 46.0 Å². The maximum atomic E-state index is 12.8. The molecular formula is C17H24N2O4S. The molecule has 6 nitrogen and oxygen atoms in total. The Morgan fingerprint density at radius 3 is 2.54 bits per heavy atom. The first kappa shape index (κ1) is 18.5. The third kappa shape index (κ3) is 4.36. The zero-order chi connectivity index (χ0) is 17.6. The molecule has 0 unspecified atom stereocenters. The first-order valence-electron chi connectivity index (χ1n) is 8.07. The van der Waals surface area contributed by atoms with Crippen LogP contribution in [0.5, 0.6) is 5.75 Å². The van der Waals surface area contributed by atoms with Crippen molar-refractivity contribution in [1.29, 1.82) is 0 Å². The zero-order valence-electron chi connectivity index (χ0n) is 14.0. The van der Waals surface area contributed by atoms with Gasteiger partial charge < -0.3 is 9.64 Å². The molecule has 1 aliphatic heterocycles. The van der Waals surface area contributed by atoms with Crippen LogP contribution in [0.25, 0.3) is 0 Å². The van der Waals surface area contributed by atoms with E-state index < -0.39 is 10.0 Å². The van der Waals surface area contributed by atoms with E-state index in [0.717, 1.165) is 25.7 Å². The summed E-state index contributed by atoms with van der Waals surface area (Å²) in [6.07, 6.45) is 5.62. The fraction of sp³-hybridized carbons (Fsp3) is 0.471. The van der Waals surface area contributed by atoms with Crippen LogP contribution in [0.3, 0.4) is 0 Å². The highest BCUT2D eigenvalue weighted by Crippen LogP contribution is 2.25. The summed E-state index contributed by atoms with van der Waals surface area (Å²) in [6, 6.07) is 4.34. The van der Waals surface area contributed by atoms with Crippen molar-refractivity contribution in [2.75, 3.05) is 26.7 Å². The molecule has 1 aliphatic rings.